The third-order valence-corrected chi connectivity index (χ3v) is 8.21. The molecule has 0 radical (unpaired) electrons. The number of hydrogen-bond donors (Lipinski definition) is 1. The molecule has 0 spiro atoms. The summed E-state index contributed by atoms with van der Waals surface area (Å²) in [6.07, 6.45) is 7.43. The highest BCUT2D eigenvalue weighted by Gasteiger charge is 2.27. The minimum absolute atomic E-state index is 0.135. The lowest BCUT2D eigenvalue weighted by atomic mass is 10.0. The fourth-order valence-electron chi connectivity index (χ4n) is 4.16. The van der Waals surface area contributed by atoms with Gasteiger partial charge in [-0.2, -0.15) is 4.31 Å². The second kappa shape index (κ2) is 10.2. The molecule has 0 saturated carbocycles. The fourth-order valence-corrected chi connectivity index (χ4v) is 5.91. The normalized spacial score (nSPS) is 21.8. The molecule has 3 rings (SSSR count). The number of amides is 1. The predicted octanol–water partition coefficient (Wildman–Crippen LogP) is 3.51. The molecule has 2 aliphatic heterocycles. The molecular formula is C21H32ClN3O3S. The molecule has 2 heterocycles. The number of piperidine rings is 2. The number of halogens is 1. The summed E-state index contributed by atoms with van der Waals surface area (Å²) in [7, 11) is -3.59. The zero-order chi connectivity index (χ0) is 20.9. The summed E-state index contributed by atoms with van der Waals surface area (Å²) in [5.74, 6) is -0.322. The molecule has 29 heavy (non-hydrogen) atoms. The van der Waals surface area contributed by atoms with Crippen molar-refractivity contribution in [2.75, 3.05) is 32.7 Å². The molecule has 8 heteroatoms. The smallest absolute Gasteiger partial charge is 0.252 e. The lowest BCUT2D eigenvalue weighted by Gasteiger charge is -2.33. The van der Waals surface area contributed by atoms with Crippen LogP contribution in [0.4, 0.5) is 0 Å². The van der Waals surface area contributed by atoms with Gasteiger partial charge >= 0.3 is 0 Å². The van der Waals surface area contributed by atoms with Crippen LogP contribution in [0.3, 0.4) is 0 Å². The predicted molar refractivity (Wildman–Crippen MR) is 116 cm³/mol. The molecule has 1 aromatic carbocycles. The van der Waals surface area contributed by atoms with Crippen molar-refractivity contribution in [1.82, 2.24) is 14.5 Å². The maximum Gasteiger partial charge on any atom is 0.252 e. The number of rotatable bonds is 7. The highest BCUT2D eigenvalue weighted by Crippen LogP contribution is 2.25. The first-order valence-electron chi connectivity index (χ1n) is 10.7. The Morgan fingerprint density at radius 1 is 1.14 bits per heavy atom. The standard InChI is InChI=1S/C21H32ClN3O3S/c1-17-8-3-6-12-24(17)13-7-11-23-21(26)19-16-18(9-10-20(19)22)29(27,28)25-14-4-2-5-15-25/h9-10,16-17H,2-8,11-15H2,1H3,(H,23,26). The molecule has 162 valence electrons. The van der Waals surface area contributed by atoms with Gasteiger partial charge in [0.1, 0.15) is 0 Å². The van der Waals surface area contributed by atoms with Crippen molar-refractivity contribution < 1.29 is 13.2 Å². The Hall–Kier alpha value is -1.15. The van der Waals surface area contributed by atoms with Crippen LogP contribution >= 0.6 is 11.6 Å². The summed E-state index contributed by atoms with van der Waals surface area (Å²) in [5.41, 5.74) is 0.219. The van der Waals surface area contributed by atoms with Crippen LogP contribution in [0.2, 0.25) is 5.02 Å². The molecular weight excluding hydrogens is 410 g/mol. The molecule has 2 aliphatic rings. The molecule has 1 amide bonds. The number of carbonyl (C=O) groups excluding carboxylic acids is 1. The number of hydrogen-bond acceptors (Lipinski definition) is 4. The van der Waals surface area contributed by atoms with Crippen LogP contribution in [0, 0.1) is 0 Å². The fraction of sp³-hybridized carbons (Fsp3) is 0.667. The van der Waals surface area contributed by atoms with E-state index in [0.717, 1.165) is 38.8 Å². The van der Waals surface area contributed by atoms with Gasteiger partial charge in [0.15, 0.2) is 0 Å². The van der Waals surface area contributed by atoms with E-state index in [1.807, 2.05) is 0 Å². The summed E-state index contributed by atoms with van der Waals surface area (Å²) in [4.78, 5) is 15.2. The van der Waals surface area contributed by atoms with Crippen LogP contribution < -0.4 is 5.32 Å². The van der Waals surface area contributed by atoms with E-state index in [-0.39, 0.29) is 21.4 Å². The van der Waals surface area contributed by atoms with Crippen molar-refractivity contribution in [2.24, 2.45) is 0 Å². The van der Waals surface area contributed by atoms with E-state index >= 15 is 0 Å². The molecule has 2 saturated heterocycles. The van der Waals surface area contributed by atoms with Gasteiger partial charge in [0, 0.05) is 32.2 Å². The molecule has 1 unspecified atom stereocenters. The van der Waals surface area contributed by atoms with Crippen LogP contribution in [0.1, 0.15) is 62.2 Å². The Labute approximate surface area is 179 Å². The average Bonchev–Trinajstić information content (AvgIpc) is 2.73. The van der Waals surface area contributed by atoms with Crippen LogP contribution in [0.25, 0.3) is 0 Å². The summed E-state index contributed by atoms with van der Waals surface area (Å²) in [6, 6.07) is 5.00. The summed E-state index contributed by atoms with van der Waals surface area (Å²) in [6.45, 7) is 5.94. The first kappa shape index (κ1) is 22.5. The van der Waals surface area contributed by atoms with Gasteiger partial charge in [-0.05, 0) is 63.8 Å². The highest BCUT2D eigenvalue weighted by atomic mass is 35.5. The van der Waals surface area contributed by atoms with Gasteiger partial charge in [-0.1, -0.05) is 24.4 Å². The van der Waals surface area contributed by atoms with Crippen molar-refractivity contribution in [3.05, 3.63) is 28.8 Å². The quantitative estimate of drug-likeness (QED) is 0.657. The number of sulfonamides is 1. The third kappa shape index (κ3) is 5.72. The van der Waals surface area contributed by atoms with E-state index in [1.54, 1.807) is 0 Å². The van der Waals surface area contributed by atoms with E-state index < -0.39 is 10.0 Å². The van der Waals surface area contributed by atoms with Crippen molar-refractivity contribution >= 4 is 27.5 Å². The van der Waals surface area contributed by atoms with Crippen LogP contribution in [0.15, 0.2) is 23.1 Å². The molecule has 0 aromatic heterocycles. The van der Waals surface area contributed by atoms with Crippen LogP contribution in [0.5, 0.6) is 0 Å². The van der Waals surface area contributed by atoms with Crippen molar-refractivity contribution in [2.45, 2.75) is 62.8 Å². The number of carbonyl (C=O) groups is 1. The molecule has 0 aliphatic carbocycles. The monoisotopic (exact) mass is 441 g/mol. The Kier molecular flexibility index (Phi) is 7.96. The minimum Gasteiger partial charge on any atom is -0.352 e. The lowest BCUT2D eigenvalue weighted by molar-refractivity contribution is 0.0949. The first-order chi connectivity index (χ1) is 13.9. The van der Waals surface area contributed by atoms with E-state index in [4.69, 9.17) is 11.6 Å². The largest absolute Gasteiger partial charge is 0.352 e. The molecule has 6 nitrogen and oxygen atoms in total. The van der Waals surface area contributed by atoms with E-state index in [2.05, 4.69) is 17.1 Å². The highest BCUT2D eigenvalue weighted by molar-refractivity contribution is 7.89. The number of benzene rings is 1. The van der Waals surface area contributed by atoms with E-state index in [0.29, 0.717) is 25.7 Å². The average molecular weight is 442 g/mol. The number of likely N-dealkylation sites (tertiary alicyclic amines) is 1. The Bertz CT molecular complexity index is 809. The molecule has 0 bridgehead atoms. The minimum atomic E-state index is -3.59. The molecule has 1 atom stereocenters. The van der Waals surface area contributed by atoms with Gasteiger partial charge in [-0.3, -0.25) is 4.79 Å². The molecule has 1 aromatic rings. The number of nitrogens with zero attached hydrogens (tertiary/aromatic N) is 2. The first-order valence-corrected chi connectivity index (χ1v) is 12.5. The summed E-state index contributed by atoms with van der Waals surface area (Å²) < 4.78 is 27.3. The van der Waals surface area contributed by atoms with Gasteiger partial charge in [-0.15, -0.1) is 0 Å². The number of nitrogens with one attached hydrogen (secondary N) is 1. The SMILES string of the molecule is CC1CCCCN1CCCNC(=O)c1cc(S(=O)(=O)N2CCCCC2)ccc1Cl. The van der Waals surface area contributed by atoms with Crippen LogP contribution in [-0.4, -0.2) is 62.3 Å². The molecule has 2 fully saturated rings. The Morgan fingerprint density at radius 3 is 2.59 bits per heavy atom. The molecule has 1 N–H and O–H groups in total. The Balaban J connectivity index is 1.59. The second-order valence-electron chi connectivity index (χ2n) is 8.10. The van der Waals surface area contributed by atoms with Gasteiger partial charge in [0.05, 0.1) is 15.5 Å². The maximum absolute atomic E-state index is 12.9. The lowest BCUT2D eigenvalue weighted by Crippen LogP contribution is -2.39. The maximum atomic E-state index is 12.9. The zero-order valence-electron chi connectivity index (χ0n) is 17.2. The van der Waals surface area contributed by atoms with Crippen molar-refractivity contribution in [3.63, 3.8) is 0 Å². The van der Waals surface area contributed by atoms with E-state index in [9.17, 15) is 13.2 Å². The summed E-state index contributed by atoms with van der Waals surface area (Å²) in [5, 5.41) is 3.16. The van der Waals surface area contributed by atoms with E-state index in [1.165, 1.54) is 41.8 Å². The van der Waals surface area contributed by atoms with Gasteiger partial charge in [0.25, 0.3) is 5.91 Å². The van der Waals surface area contributed by atoms with Gasteiger partial charge in [-0.25, -0.2) is 8.42 Å². The second-order valence-corrected chi connectivity index (χ2v) is 10.4. The Morgan fingerprint density at radius 2 is 1.86 bits per heavy atom. The van der Waals surface area contributed by atoms with Gasteiger partial charge < -0.3 is 10.2 Å². The van der Waals surface area contributed by atoms with Crippen molar-refractivity contribution in [1.29, 1.82) is 0 Å². The van der Waals surface area contributed by atoms with Gasteiger partial charge in [0.2, 0.25) is 10.0 Å². The zero-order valence-corrected chi connectivity index (χ0v) is 18.8. The topological polar surface area (TPSA) is 69.7 Å². The summed E-state index contributed by atoms with van der Waals surface area (Å²) >= 11 is 6.20. The van der Waals surface area contributed by atoms with Crippen molar-refractivity contribution in [3.8, 4) is 0 Å². The third-order valence-electron chi connectivity index (χ3n) is 5.98. The van der Waals surface area contributed by atoms with Crippen LogP contribution in [-0.2, 0) is 10.0 Å².